The average molecular weight is 429 g/mol. The summed E-state index contributed by atoms with van der Waals surface area (Å²) in [5.74, 6) is 1.58. The van der Waals surface area contributed by atoms with Gasteiger partial charge in [-0.2, -0.15) is 0 Å². The van der Waals surface area contributed by atoms with Crippen LogP contribution in [-0.2, 0) is 0 Å². The molecule has 1 N–H and O–H groups in total. The smallest absolute Gasteiger partial charge is 0.289 e. The van der Waals surface area contributed by atoms with Crippen molar-refractivity contribution in [3.8, 4) is 11.3 Å². The first kappa shape index (κ1) is 20.6. The monoisotopic (exact) mass is 428 g/mol. The fourth-order valence-corrected chi connectivity index (χ4v) is 5.14. The fraction of sp³-hybridized carbons (Fsp3) is 0.333. The Morgan fingerprint density at radius 2 is 1.59 bits per heavy atom. The number of fused-ring (bicyclic) bond motifs is 1. The second-order valence-electron chi connectivity index (χ2n) is 8.81. The van der Waals surface area contributed by atoms with Gasteiger partial charge in [0, 0.05) is 29.4 Å². The van der Waals surface area contributed by atoms with Gasteiger partial charge >= 0.3 is 0 Å². The first-order valence-corrected chi connectivity index (χ1v) is 11.6. The number of anilines is 1. The number of furan rings is 1. The van der Waals surface area contributed by atoms with E-state index < -0.39 is 0 Å². The minimum absolute atomic E-state index is 0.0135. The molecule has 32 heavy (non-hydrogen) atoms. The van der Waals surface area contributed by atoms with Crippen LogP contribution in [-0.4, -0.2) is 29.3 Å². The van der Waals surface area contributed by atoms with Gasteiger partial charge in [-0.05, 0) is 80.1 Å². The van der Waals surface area contributed by atoms with Crippen molar-refractivity contribution in [1.29, 1.82) is 0 Å². The number of piperidine rings is 1. The predicted molar refractivity (Wildman–Crippen MR) is 125 cm³/mol. The minimum atomic E-state index is -0.146. The molecule has 164 valence electrons. The third kappa shape index (κ3) is 4.20. The molecule has 1 aromatic heterocycles. The average Bonchev–Trinajstić information content (AvgIpc) is 3.34. The molecule has 5 nitrogen and oxygen atoms in total. The van der Waals surface area contributed by atoms with E-state index in [0.717, 1.165) is 24.9 Å². The highest BCUT2D eigenvalue weighted by Crippen LogP contribution is 2.36. The molecule has 0 unspecified atom stereocenters. The van der Waals surface area contributed by atoms with Crippen molar-refractivity contribution in [3.63, 3.8) is 0 Å². The van der Waals surface area contributed by atoms with Gasteiger partial charge in [0.2, 0.25) is 0 Å². The molecule has 2 heterocycles. The molecule has 1 saturated heterocycles. The Bertz CT molecular complexity index is 1090. The zero-order valence-corrected chi connectivity index (χ0v) is 18.1. The molecule has 1 saturated carbocycles. The number of rotatable bonds is 4. The highest BCUT2D eigenvalue weighted by Gasteiger charge is 2.36. The number of hydrogen-bond acceptors (Lipinski definition) is 3. The quantitative estimate of drug-likeness (QED) is 0.555. The highest BCUT2D eigenvalue weighted by molar-refractivity contribution is 6.04. The number of benzene rings is 2. The molecule has 5 heteroatoms. The van der Waals surface area contributed by atoms with E-state index >= 15 is 0 Å². The predicted octanol–water partition coefficient (Wildman–Crippen LogP) is 5.99. The summed E-state index contributed by atoms with van der Waals surface area (Å²) in [5, 5.41) is 2.90. The largest absolute Gasteiger partial charge is 0.451 e. The normalized spacial score (nSPS) is 20.4. The van der Waals surface area contributed by atoms with Gasteiger partial charge < -0.3 is 14.6 Å². The molecule has 2 aromatic carbocycles. The lowest BCUT2D eigenvalue weighted by molar-refractivity contribution is 0.0363. The number of likely N-dealkylation sites (tertiary alicyclic amines) is 1. The van der Waals surface area contributed by atoms with Gasteiger partial charge in [0.15, 0.2) is 5.76 Å². The molecule has 2 atom stereocenters. The van der Waals surface area contributed by atoms with Gasteiger partial charge in [0.25, 0.3) is 11.8 Å². The molecular formula is C27H28N2O3. The van der Waals surface area contributed by atoms with Crippen LogP contribution in [0.5, 0.6) is 0 Å². The Labute approximate surface area is 188 Å². The first-order chi connectivity index (χ1) is 15.7. The van der Waals surface area contributed by atoms with Crippen LogP contribution >= 0.6 is 0 Å². The second-order valence-corrected chi connectivity index (χ2v) is 8.81. The Hall–Kier alpha value is -3.34. The molecule has 2 amide bonds. The van der Waals surface area contributed by atoms with Crippen molar-refractivity contribution in [1.82, 2.24) is 4.90 Å². The van der Waals surface area contributed by atoms with Crippen LogP contribution in [0.15, 0.2) is 71.1 Å². The lowest BCUT2D eigenvalue weighted by Gasteiger charge is -2.43. The zero-order valence-electron chi connectivity index (χ0n) is 18.1. The SMILES string of the molecule is O=C(Nc1ccc(-c2ccc(C(=O)N3CCC[C@@H]4CCCC[C@@H]43)o2)cc1)c1ccccc1. The summed E-state index contributed by atoms with van der Waals surface area (Å²) in [6, 6.07) is 20.6. The summed E-state index contributed by atoms with van der Waals surface area (Å²) >= 11 is 0. The fourth-order valence-electron chi connectivity index (χ4n) is 5.14. The van der Waals surface area contributed by atoms with E-state index in [9.17, 15) is 9.59 Å². The van der Waals surface area contributed by atoms with Crippen molar-refractivity contribution in [3.05, 3.63) is 78.1 Å². The summed E-state index contributed by atoms with van der Waals surface area (Å²) in [7, 11) is 0. The van der Waals surface area contributed by atoms with E-state index in [-0.39, 0.29) is 11.8 Å². The molecule has 2 aliphatic rings. The Morgan fingerprint density at radius 1 is 0.844 bits per heavy atom. The molecule has 2 fully saturated rings. The molecular weight excluding hydrogens is 400 g/mol. The van der Waals surface area contributed by atoms with Gasteiger partial charge in [0.1, 0.15) is 5.76 Å². The van der Waals surface area contributed by atoms with Crippen molar-refractivity contribution in [2.45, 2.75) is 44.6 Å². The zero-order chi connectivity index (χ0) is 21.9. The lowest BCUT2D eigenvalue weighted by atomic mass is 9.78. The Balaban J connectivity index is 1.27. The molecule has 5 rings (SSSR count). The Kier molecular flexibility index (Phi) is 5.80. The van der Waals surface area contributed by atoms with Gasteiger partial charge in [-0.25, -0.2) is 0 Å². The van der Waals surface area contributed by atoms with Crippen molar-refractivity contribution < 1.29 is 14.0 Å². The number of carbonyl (C=O) groups is 2. The number of amides is 2. The highest BCUT2D eigenvalue weighted by atomic mass is 16.4. The number of nitrogens with zero attached hydrogens (tertiary/aromatic N) is 1. The maximum Gasteiger partial charge on any atom is 0.289 e. The molecule has 1 aliphatic carbocycles. The van der Waals surface area contributed by atoms with E-state index in [4.69, 9.17) is 4.42 Å². The van der Waals surface area contributed by atoms with Crippen LogP contribution in [0.25, 0.3) is 11.3 Å². The van der Waals surface area contributed by atoms with Crippen LogP contribution in [0.2, 0.25) is 0 Å². The van der Waals surface area contributed by atoms with Crippen LogP contribution < -0.4 is 5.32 Å². The van der Waals surface area contributed by atoms with Gasteiger partial charge in [-0.15, -0.1) is 0 Å². The minimum Gasteiger partial charge on any atom is -0.451 e. The molecule has 0 spiro atoms. The molecule has 0 bridgehead atoms. The van der Waals surface area contributed by atoms with Gasteiger partial charge in [-0.1, -0.05) is 31.0 Å². The van der Waals surface area contributed by atoms with Crippen LogP contribution in [0.1, 0.15) is 59.4 Å². The van der Waals surface area contributed by atoms with E-state index in [1.165, 1.54) is 25.7 Å². The lowest BCUT2D eigenvalue weighted by Crippen LogP contribution is -2.49. The number of nitrogens with one attached hydrogen (secondary N) is 1. The second kappa shape index (κ2) is 9.03. The summed E-state index contributed by atoms with van der Waals surface area (Å²) in [4.78, 5) is 27.6. The van der Waals surface area contributed by atoms with Crippen molar-refractivity contribution >= 4 is 17.5 Å². The summed E-state index contributed by atoms with van der Waals surface area (Å²) in [5.41, 5.74) is 2.20. The standard InChI is InChI=1S/C27H28N2O3/c30-26(21-8-2-1-3-9-21)28-22-14-12-20(13-15-22)24-16-17-25(32-24)27(31)29-18-6-10-19-7-4-5-11-23(19)29/h1-3,8-9,12-17,19,23H,4-7,10-11,18H2,(H,28,30)/t19-,23-/m0/s1. The third-order valence-electron chi connectivity index (χ3n) is 6.78. The van der Waals surface area contributed by atoms with Crippen molar-refractivity contribution in [2.24, 2.45) is 5.92 Å². The van der Waals surface area contributed by atoms with E-state index in [1.54, 1.807) is 18.2 Å². The van der Waals surface area contributed by atoms with Crippen LogP contribution in [0.3, 0.4) is 0 Å². The number of carbonyl (C=O) groups excluding carboxylic acids is 2. The van der Waals surface area contributed by atoms with Crippen molar-refractivity contribution in [2.75, 3.05) is 11.9 Å². The molecule has 0 radical (unpaired) electrons. The van der Waals surface area contributed by atoms with Gasteiger partial charge in [0.05, 0.1) is 0 Å². The van der Waals surface area contributed by atoms with E-state index in [2.05, 4.69) is 10.2 Å². The molecule has 3 aromatic rings. The van der Waals surface area contributed by atoms with E-state index in [1.807, 2.05) is 48.5 Å². The molecule has 1 aliphatic heterocycles. The van der Waals surface area contributed by atoms with Crippen LogP contribution in [0, 0.1) is 5.92 Å². The number of hydrogen-bond donors (Lipinski definition) is 1. The summed E-state index contributed by atoms with van der Waals surface area (Å²) < 4.78 is 5.98. The maximum atomic E-state index is 13.2. The summed E-state index contributed by atoms with van der Waals surface area (Å²) in [6.07, 6.45) is 7.17. The topological polar surface area (TPSA) is 62.6 Å². The summed E-state index contributed by atoms with van der Waals surface area (Å²) in [6.45, 7) is 0.825. The third-order valence-corrected chi connectivity index (χ3v) is 6.78. The Morgan fingerprint density at radius 3 is 2.41 bits per heavy atom. The van der Waals surface area contributed by atoms with Crippen LogP contribution in [0.4, 0.5) is 5.69 Å². The first-order valence-electron chi connectivity index (χ1n) is 11.6. The van der Waals surface area contributed by atoms with E-state index in [0.29, 0.717) is 34.7 Å². The van der Waals surface area contributed by atoms with Gasteiger partial charge in [-0.3, -0.25) is 9.59 Å². The maximum absolute atomic E-state index is 13.2.